The summed E-state index contributed by atoms with van der Waals surface area (Å²) in [4.78, 5) is 4.41. The van der Waals surface area contributed by atoms with Gasteiger partial charge in [0.1, 0.15) is 22.3 Å². The standard InChI is InChI=1S/C14H14FNO2S.C4H6/c1-8(15)6-12(17)9(2)14-16-11-5-4-10(18-3)7-13(11)19-14;1-3-4-2/h4-7,17H,1-3H3;1-2H3/b8-6+,12-9-;. The Labute approximate surface area is 140 Å². The number of aliphatic hydroxyl groups is 1. The molecular weight excluding hydrogens is 313 g/mol. The fourth-order valence-corrected chi connectivity index (χ4v) is 2.60. The average molecular weight is 333 g/mol. The van der Waals surface area contributed by atoms with Crippen molar-refractivity contribution < 1.29 is 14.2 Å². The van der Waals surface area contributed by atoms with Gasteiger partial charge in [-0.05, 0) is 45.9 Å². The highest BCUT2D eigenvalue weighted by Crippen LogP contribution is 2.31. The van der Waals surface area contributed by atoms with E-state index in [1.807, 2.05) is 32.0 Å². The molecule has 0 aliphatic carbocycles. The summed E-state index contributed by atoms with van der Waals surface area (Å²) in [6.45, 7) is 6.64. The van der Waals surface area contributed by atoms with Crippen LogP contribution in [0.4, 0.5) is 4.39 Å². The molecular formula is C18H20FNO2S. The fraction of sp³-hybridized carbons (Fsp3) is 0.278. The molecule has 1 heterocycles. The molecule has 2 rings (SSSR count). The van der Waals surface area contributed by atoms with Crippen LogP contribution in [0.2, 0.25) is 0 Å². The number of allylic oxidation sites excluding steroid dienone is 3. The number of thiazole rings is 1. The molecule has 0 unspecified atom stereocenters. The molecule has 0 saturated heterocycles. The van der Waals surface area contributed by atoms with Crippen molar-refractivity contribution in [1.29, 1.82) is 0 Å². The maximum Gasteiger partial charge on any atom is 0.124 e. The number of hydrogen-bond donors (Lipinski definition) is 1. The van der Waals surface area contributed by atoms with Crippen LogP contribution in [0.5, 0.6) is 5.75 Å². The van der Waals surface area contributed by atoms with E-state index >= 15 is 0 Å². The van der Waals surface area contributed by atoms with Crippen molar-refractivity contribution in [1.82, 2.24) is 4.98 Å². The number of nitrogens with zero attached hydrogens (tertiary/aromatic N) is 1. The van der Waals surface area contributed by atoms with Gasteiger partial charge in [0.05, 0.1) is 17.3 Å². The van der Waals surface area contributed by atoms with Crippen LogP contribution in [-0.2, 0) is 0 Å². The minimum absolute atomic E-state index is 0.106. The number of benzene rings is 1. The second-order valence-corrected chi connectivity index (χ2v) is 5.62. The van der Waals surface area contributed by atoms with Crippen molar-refractivity contribution >= 4 is 27.1 Å². The van der Waals surface area contributed by atoms with E-state index < -0.39 is 5.83 Å². The van der Waals surface area contributed by atoms with Gasteiger partial charge < -0.3 is 9.84 Å². The molecule has 0 spiro atoms. The first kappa shape index (κ1) is 18.7. The lowest BCUT2D eigenvalue weighted by molar-refractivity contribution is 0.415. The van der Waals surface area contributed by atoms with Gasteiger partial charge in [0.25, 0.3) is 0 Å². The van der Waals surface area contributed by atoms with Gasteiger partial charge in [0.2, 0.25) is 0 Å². The van der Waals surface area contributed by atoms with Crippen LogP contribution >= 0.6 is 11.3 Å². The van der Waals surface area contributed by atoms with Gasteiger partial charge in [-0.2, -0.15) is 0 Å². The molecule has 5 heteroatoms. The smallest absolute Gasteiger partial charge is 0.124 e. The Bertz CT molecular complexity index is 784. The number of aliphatic hydroxyl groups excluding tert-OH is 1. The van der Waals surface area contributed by atoms with Crippen LogP contribution in [0, 0.1) is 11.8 Å². The lowest BCUT2D eigenvalue weighted by atomic mass is 10.2. The monoisotopic (exact) mass is 333 g/mol. The predicted octanol–water partition coefficient (Wildman–Crippen LogP) is 5.50. The Kier molecular flexibility index (Phi) is 7.30. The van der Waals surface area contributed by atoms with Gasteiger partial charge >= 0.3 is 0 Å². The Morgan fingerprint density at radius 1 is 1.30 bits per heavy atom. The van der Waals surface area contributed by atoms with E-state index in [1.54, 1.807) is 14.0 Å². The van der Waals surface area contributed by atoms with Gasteiger partial charge in [-0.1, -0.05) is 0 Å². The second kappa shape index (κ2) is 8.96. The van der Waals surface area contributed by atoms with Gasteiger partial charge in [0.15, 0.2) is 0 Å². The highest BCUT2D eigenvalue weighted by atomic mass is 32.1. The van der Waals surface area contributed by atoms with E-state index in [0.717, 1.165) is 22.0 Å². The zero-order chi connectivity index (χ0) is 17.4. The van der Waals surface area contributed by atoms with Gasteiger partial charge in [-0.15, -0.1) is 23.2 Å². The maximum absolute atomic E-state index is 12.8. The minimum Gasteiger partial charge on any atom is -0.507 e. The molecule has 0 fully saturated rings. The average Bonchev–Trinajstić information content (AvgIpc) is 2.96. The molecule has 0 atom stereocenters. The van der Waals surface area contributed by atoms with Crippen molar-refractivity contribution in [3.05, 3.63) is 40.9 Å². The third-order valence-corrected chi connectivity index (χ3v) is 4.02. The first-order valence-electron chi connectivity index (χ1n) is 6.95. The highest BCUT2D eigenvalue weighted by Gasteiger charge is 2.09. The number of aromatic nitrogens is 1. The number of rotatable bonds is 3. The van der Waals surface area contributed by atoms with E-state index in [2.05, 4.69) is 16.8 Å². The third kappa shape index (κ3) is 5.42. The van der Waals surface area contributed by atoms with E-state index in [1.165, 1.54) is 18.3 Å². The predicted molar refractivity (Wildman–Crippen MR) is 95.4 cm³/mol. The van der Waals surface area contributed by atoms with Crippen molar-refractivity contribution in [3.8, 4) is 17.6 Å². The van der Waals surface area contributed by atoms with Crippen molar-refractivity contribution in [3.63, 3.8) is 0 Å². The van der Waals surface area contributed by atoms with Crippen molar-refractivity contribution in [2.24, 2.45) is 0 Å². The molecule has 1 aromatic heterocycles. The zero-order valence-corrected chi connectivity index (χ0v) is 14.7. The molecule has 3 nitrogen and oxygen atoms in total. The molecule has 2 aromatic rings. The fourth-order valence-electron chi connectivity index (χ4n) is 1.60. The Morgan fingerprint density at radius 3 is 2.48 bits per heavy atom. The summed E-state index contributed by atoms with van der Waals surface area (Å²) >= 11 is 1.43. The lowest BCUT2D eigenvalue weighted by Gasteiger charge is -1.97. The summed E-state index contributed by atoms with van der Waals surface area (Å²) < 4.78 is 18.9. The molecule has 1 aromatic carbocycles. The number of hydrogen-bond acceptors (Lipinski definition) is 4. The molecule has 0 amide bonds. The summed E-state index contributed by atoms with van der Waals surface area (Å²) in [5.74, 6) is 5.57. The zero-order valence-electron chi connectivity index (χ0n) is 13.9. The molecule has 0 saturated carbocycles. The summed E-state index contributed by atoms with van der Waals surface area (Å²) in [5, 5.41) is 10.4. The lowest BCUT2D eigenvalue weighted by Crippen LogP contribution is -1.84. The van der Waals surface area contributed by atoms with E-state index in [0.29, 0.717) is 10.6 Å². The molecule has 0 aliphatic rings. The molecule has 1 N–H and O–H groups in total. The van der Waals surface area contributed by atoms with Crippen LogP contribution in [0.25, 0.3) is 15.8 Å². The molecule has 122 valence electrons. The Morgan fingerprint density at radius 2 is 1.96 bits per heavy atom. The summed E-state index contributed by atoms with van der Waals surface area (Å²) in [6.07, 6.45) is 1.09. The number of halogens is 1. The number of ether oxygens (including phenoxy) is 1. The molecule has 0 radical (unpaired) electrons. The third-order valence-electron chi connectivity index (χ3n) is 2.89. The van der Waals surface area contributed by atoms with Gasteiger partial charge in [-0.3, -0.25) is 0 Å². The summed E-state index contributed by atoms with van der Waals surface area (Å²) in [5.41, 5.74) is 1.38. The largest absolute Gasteiger partial charge is 0.507 e. The minimum atomic E-state index is -0.445. The van der Waals surface area contributed by atoms with Crippen LogP contribution < -0.4 is 4.74 Å². The van der Waals surface area contributed by atoms with Gasteiger partial charge in [0, 0.05) is 11.6 Å². The Hall–Kier alpha value is -2.32. The summed E-state index contributed by atoms with van der Waals surface area (Å²) in [7, 11) is 1.61. The highest BCUT2D eigenvalue weighted by molar-refractivity contribution is 7.19. The van der Waals surface area contributed by atoms with Gasteiger partial charge in [-0.25, -0.2) is 9.37 Å². The van der Waals surface area contributed by atoms with E-state index in [9.17, 15) is 9.50 Å². The molecule has 0 bridgehead atoms. The quantitative estimate of drug-likeness (QED) is 0.458. The Balaban J connectivity index is 0.000000593. The van der Waals surface area contributed by atoms with Crippen LogP contribution in [0.3, 0.4) is 0 Å². The molecule has 23 heavy (non-hydrogen) atoms. The molecule has 0 aliphatic heterocycles. The summed E-state index contributed by atoms with van der Waals surface area (Å²) in [6, 6.07) is 5.57. The first-order valence-corrected chi connectivity index (χ1v) is 7.76. The van der Waals surface area contributed by atoms with E-state index in [-0.39, 0.29) is 5.76 Å². The SMILES string of the molecule is CC#CC.COc1ccc2nc(/C(C)=C(O)/C=C(\C)F)sc2c1. The topological polar surface area (TPSA) is 42.4 Å². The number of fused-ring (bicyclic) bond motifs is 1. The second-order valence-electron chi connectivity index (χ2n) is 4.59. The first-order chi connectivity index (χ1) is 10.9. The van der Waals surface area contributed by atoms with Crippen molar-refractivity contribution in [2.75, 3.05) is 7.11 Å². The van der Waals surface area contributed by atoms with Crippen LogP contribution in [0.1, 0.15) is 32.7 Å². The number of methoxy groups -OCH3 is 1. The van der Waals surface area contributed by atoms with Crippen molar-refractivity contribution in [2.45, 2.75) is 27.7 Å². The maximum atomic E-state index is 12.8. The normalized spacial score (nSPS) is 11.8. The van der Waals surface area contributed by atoms with Crippen LogP contribution in [-0.4, -0.2) is 17.2 Å². The van der Waals surface area contributed by atoms with Crippen LogP contribution in [0.15, 0.2) is 35.9 Å². The van der Waals surface area contributed by atoms with E-state index in [4.69, 9.17) is 4.74 Å².